The maximum Gasteiger partial charge on any atom is 4.00 e. The molecule has 0 aromatic carbocycles. The molecule has 0 aliphatic rings. The summed E-state index contributed by atoms with van der Waals surface area (Å²) in [5, 5.41) is 0. The van der Waals surface area contributed by atoms with Gasteiger partial charge >= 0.3 is 21.1 Å². The molecule has 0 saturated carbocycles. The van der Waals surface area contributed by atoms with Gasteiger partial charge in [0.25, 0.3) is 0 Å². The molecule has 2 atom stereocenters. The van der Waals surface area contributed by atoms with Crippen molar-refractivity contribution in [3.63, 3.8) is 0 Å². The summed E-state index contributed by atoms with van der Waals surface area (Å²) >= 11 is 20.2. The maximum atomic E-state index is 10.5. The van der Waals surface area contributed by atoms with E-state index < -0.39 is 11.4 Å². The van der Waals surface area contributed by atoms with Crippen molar-refractivity contribution in [1.82, 2.24) is 0 Å². The molecule has 2 unspecified atom stereocenters. The summed E-state index contributed by atoms with van der Waals surface area (Å²) in [7, 11) is 0. The van der Waals surface area contributed by atoms with Crippen LogP contribution >= 0.6 is 11.4 Å². The van der Waals surface area contributed by atoms with Crippen LogP contribution in [0.15, 0.2) is 0 Å². The van der Waals surface area contributed by atoms with E-state index in [9.17, 15) is 9.79 Å². The summed E-state index contributed by atoms with van der Waals surface area (Å²) < 4.78 is 17.1. The molecule has 0 aromatic heterocycles. The minimum atomic E-state index is -3.03. The van der Waals surface area contributed by atoms with Crippen LogP contribution in [-0.4, -0.2) is 17.4 Å². The molecule has 0 rings (SSSR count). The van der Waals surface area contributed by atoms with Crippen molar-refractivity contribution in [3.05, 3.63) is 0 Å². The molecule has 0 heterocycles. The van der Waals surface area contributed by atoms with Crippen molar-refractivity contribution < 1.29 is 44.1 Å². The quantitative estimate of drug-likeness (QED) is 0.207. The van der Waals surface area contributed by atoms with Gasteiger partial charge in [-0.3, -0.25) is 0 Å². The van der Waals surface area contributed by atoms with Crippen LogP contribution < -0.4 is 9.79 Å². The van der Waals surface area contributed by atoms with E-state index in [0.29, 0.717) is 13.2 Å². The molecular weight excluding hydrogens is 494 g/mol. The van der Waals surface area contributed by atoms with Crippen LogP contribution in [0, 0.1) is 0 Å². The normalized spacial score (nSPS) is 15.0. The van der Waals surface area contributed by atoms with Gasteiger partial charge in [-0.25, -0.2) is 0 Å². The predicted molar refractivity (Wildman–Crippen MR) is 93.2 cm³/mol. The first-order chi connectivity index (χ1) is 9.12. The van der Waals surface area contributed by atoms with Crippen LogP contribution in [0.1, 0.15) is 39.5 Å². The molecule has 0 spiro atoms. The number of hydrogen-bond acceptors (Lipinski definition) is 10. The van der Waals surface area contributed by atoms with E-state index in [4.69, 9.17) is 4.21 Å². The van der Waals surface area contributed by atoms with Crippen molar-refractivity contribution in [1.29, 1.82) is 0 Å². The van der Waals surface area contributed by atoms with E-state index in [0.717, 1.165) is 25.7 Å². The van der Waals surface area contributed by atoms with E-state index in [1.165, 1.54) is 0 Å². The van der Waals surface area contributed by atoms with Crippen LogP contribution in [0.25, 0.3) is 0 Å². The summed E-state index contributed by atoms with van der Waals surface area (Å²) in [4.78, 5) is 21.0. The Hall–Kier alpha value is 2.55. The summed E-state index contributed by atoms with van der Waals surface area (Å²) in [6.07, 6.45) is 3.75. The summed E-state index contributed by atoms with van der Waals surface area (Å²) in [6, 6.07) is 0. The molecule has 0 N–H and O–H groups in total. The first-order valence-electron chi connectivity index (χ1n) is 5.62. The molecule has 0 fully saturated rings. The topological polar surface area (TPSA) is 81.7 Å². The Morgan fingerprint density at radius 3 is 1.29 bits per heavy atom. The summed E-state index contributed by atoms with van der Waals surface area (Å²) in [5.74, 6) is 0. The van der Waals surface area contributed by atoms with Crippen molar-refractivity contribution in [2.24, 2.45) is 0 Å². The molecule has 21 heavy (non-hydrogen) atoms. The first-order valence-corrected chi connectivity index (χ1v) is 13.3. The third-order valence-corrected chi connectivity index (χ3v) is 3.76. The second-order valence-corrected chi connectivity index (χ2v) is 12.7. The fraction of sp³-hybridized carbons (Fsp3) is 1.00. The third-order valence-electron chi connectivity index (χ3n) is 1.49. The Bertz CT molecular complexity index is 273. The van der Waals surface area contributed by atoms with Gasteiger partial charge in [0.05, 0.1) is 0 Å². The molecule has 0 bridgehead atoms. The fourth-order valence-electron chi connectivity index (χ4n) is 0.641. The van der Waals surface area contributed by atoms with Gasteiger partial charge in [-0.15, -0.1) is 35.0 Å². The minimum Gasteiger partial charge on any atom is -0.819 e. The smallest absolute Gasteiger partial charge is 0.819 e. The van der Waals surface area contributed by atoms with E-state index in [1.807, 2.05) is 13.8 Å². The van der Waals surface area contributed by atoms with Crippen molar-refractivity contribution >= 4 is 72.0 Å². The molecule has 5 nitrogen and oxygen atoms in total. The summed E-state index contributed by atoms with van der Waals surface area (Å²) in [5.41, 5.74) is -6.06. The molecule has 0 amide bonds. The second kappa shape index (κ2) is 20.6. The van der Waals surface area contributed by atoms with Gasteiger partial charge in [0.15, 0.2) is 12.5 Å². The van der Waals surface area contributed by atoms with Crippen LogP contribution in [0.4, 0.5) is 0 Å². The Kier molecular flexibility index (Phi) is 30.7. The van der Waals surface area contributed by atoms with E-state index in [1.54, 1.807) is 0 Å². The largest absolute Gasteiger partial charge is 4.00 e. The fourth-order valence-corrected chi connectivity index (χ4v) is 2.24. The van der Waals surface area contributed by atoms with Gasteiger partial charge in [-0.2, -0.15) is 4.21 Å². The zero-order valence-electron chi connectivity index (χ0n) is 11.6. The van der Waals surface area contributed by atoms with Gasteiger partial charge in [0, 0.05) is 13.2 Å². The first kappa shape index (κ1) is 31.3. The Morgan fingerprint density at radius 2 is 1.14 bits per heavy atom. The standard InChI is InChI=1S/2C4H11O2PS2.Mo.OS/c2*1-2-3-4-6-7(5,8)9;;1-2/h2*2-4H2,1H3,(H2,5,8,9);;/q;;+4;/p-4. The van der Waals surface area contributed by atoms with Crippen LogP contribution in [0.5, 0.6) is 0 Å². The second-order valence-electron chi connectivity index (χ2n) is 3.27. The molecule has 13 heteroatoms. The van der Waals surface area contributed by atoms with Gasteiger partial charge in [0.1, 0.15) is 0 Å². The SMILES string of the molecule is CCCCOP([O-])(=S)[S-].CCCCOP([O-])(=S)[S-].O=S.[Mo+4]. The van der Waals surface area contributed by atoms with Crippen molar-refractivity contribution in [2.75, 3.05) is 13.2 Å². The predicted octanol–water partition coefficient (Wildman–Crippen LogP) is 1.53. The monoisotopic (exact) mass is 514 g/mol. The molecule has 0 aliphatic carbocycles. The molecular formula is C8H18MoO5P2S5. The van der Waals surface area contributed by atoms with Crippen LogP contribution in [0.3, 0.4) is 0 Å². The van der Waals surface area contributed by atoms with Crippen molar-refractivity contribution in [2.45, 2.75) is 39.5 Å². The van der Waals surface area contributed by atoms with Crippen LogP contribution in [0.2, 0.25) is 0 Å². The Balaban J connectivity index is -0.000000118. The van der Waals surface area contributed by atoms with Gasteiger partial charge in [-0.1, -0.05) is 26.7 Å². The average molecular weight is 512 g/mol. The third kappa shape index (κ3) is 45.0. The zero-order valence-corrected chi connectivity index (χ0v) is 19.5. The van der Waals surface area contributed by atoms with Crippen LogP contribution in [-0.2, 0) is 90.8 Å². The zero-order chi connectivity index (χ0) is 16.7. The molecule has 0 aromatic rings. The van der Waals surface area contributed by atoms with Crippen molar-refractivity contribution in [3.8, 4) is 0 Å². The van der Waals surface area contributed by atoms with E-state index in [2.05, 4.69) is 69.7 Å². The van der Waals surface area contributed by atoms with E-state index in [-0.39, 0.29) is 21.1 Å². The molecule has 0 saturated heterocycles. The number of unbranched alkanes of at least 4 members (excludes halogenated alkanes) is 2. The number of hydrogen-bond donors (Lipinski definition) is 0. The Labute approximate surface area is 167 Å². The average Bonchev–Trinajstić information content (AvgIpc) is 2.30. The maximum absolute atomic E-state index is 10.5. The van der Waals surface area contributed by atoms with Gasteiger partial charge in [0.2, 0.25) is 0 Å². The molecule has 0 radical (unpaired) electrons. The Morgan fingerprint density at radius 1 is 0.905 bits per heavy atom. The molecule has 0 aliphatic heterocycles. The van der Waals surface area contributed by atoms with Gasteiger partial charge in [-0.05, 0) is 12.8 Å². The van der Waals surface area contributed by atoms with E-state index >= 15 is 0 Å². The molecule has 126 valence electrons. The minimum absolute atomic E-state index is 0. The summed E-state index contributed by atoms with van der Waals surface area (Å²) in [6.45, 7) is 4.89. The van der Waals surface area contributed by atoms with Gasteiger partial charge < -0.3 is 43.3 Å². The number of rotatable bonds is 8.